The predicted octanol–water partition coefficient (Wildman–Crippen LogP) is 4.63. The van der Waals surface area contributed by atoms with Gasteiger partial charge in [0.15, 0.2) is 0 Å². The summed E-state index contributed by atoms with van der Waals surface area (Å²) in [5.74, 6) is 1.56. The Morgan fingerprint density at radius 1 is 1.14 bits per heavy atom. The Morgan fingerprint density at radius 2 is 1.95 bits per heavy atom. The van der Waals surface area contributed by atoms with Crippen molar-refractivity contribution in [2.24, 2.45) is 0 Å². The molecule has 0 spiro atoms. The lowest BCUT2D eigenvalue weighted by atomic mass is 10.2. The van der Waals surface area contributed by atoms with Crippen molar-refractivity contribution in [1.29, 1.82) is 0 Å². The fourth-order valence-corrected chi connectivity index (χ4v) is 2.59. The molecule has 0 aliphatic rings. The average molecular weight is 371 g/mol. The Balaban J connectivity index is 2.08. The molecule has 0 bridgehead atoms. The topological polar surface area (TPSA) is 30.5 Å². The minimum Gasteiger partial charge on any atom is -0.456 e. The molecule has 0 aliphatic carbocycles. The van der Waals surface area contributed by atoms with Crippen LogP contribution in [-0.2, 0) is 11.3 Å². The van der Waals surface area contributed by atoms with Gasteiger partial charge in [0, 0.05) is 30.8 Å². The quantitative estimate of drug-likeness (QED) is 0.721. The van der Waals surface area contributed by atoms with E-state index in [1.807, 2.05) is 36.4 Å². The van der Waals surface area contributed by atoms with Gasteiger partial charge in [-0.3, -0.25) is 0 Å². The van der Waals surface area contributed by atoms with Crippen LogP contribution in [0.5, 0.6) is 11.5 Å². The van der Waals surface area contributed by atoms with Crippen LogP contribution in [0.25, 0.3) is 0 Å². The maximum Gasteiger partial charge on any atom is 0.141 e. The van der Waals surface area contributed by atoms with Crippen molar-refractivity contribution in [2.75, 3.05) is 20.3 Å². The molecule has 0 unspecified atom stereocenters. The summed E-state index contributed by atoms with van der Waals surface area (Å²) in [6, 6.07) is 13.4. The first-order valence-electron chi connectivity index (χ1n) is 6.61. The summed E-state index contributed by atoms with van der Waals surface area (Å²) in [7, 11) is 1.69. The first kappa shape index (κ1) is 16.3. The molecular formula is C16H17BrClNO2. The summed E-state index contributed by atoms with van der Waals surface area (Å²) in [5.41, 5.74) is 1.09. The number of halogens is 2. The van der Waals surface area contributed by atoms with E-state index in [1.165, 1.54) is 0 Å². The smallest absolute Gasteiger partial charge is 0.141 e. The first-order valence-corrected chi connectivity index (χ1v) is 7.78. The van der Waals surface area contributed by atoms with Crippen LogP contribution in [0.4, 0.5) is 0 Å². The van der Waals surface area contributed by atoms with Crippen LogP contribution in [0.3, 0.4) is 0 Å². The molecule has 2 rings (SSSR count). The molecule has 3 nitrogen and oxygen atoms in total. The minimum absolute atomic E-state index is 0.670. The Bertz CT molecular complexity index is 592. The van der Waals surface area contributed by atoms with Gasteiger partial charge in [-0.1, -0.05) is 29.8 Å². The second kappa shape index (κ2) is 8.39. The lowest BCUT2D eigenvalue weighted by Gasteiger charge is -2.13. The molecule has 5 heteroatoms. The Kier molecular flexibility index (Phi) is 6.51. The number of benzene rings is 2. The van der Waals surface area contributed by atoms with Crippen molar-refractivity contribution in [3.05, 3.63) is 57.5 Å². The van der Waals surface area contributed by atoms with Gasteiger partial charge in [0.2, 0.25) is 0 Å². The third kappa shape index (κ3) is 5.00. The van der Waals surface area contributed by atoms with Gasteiger partial charge < -0.3 is 14.8 Å². The zero-order valence-electron chi connectivity index (χ0n) is 11.7. The number of ether oxygens (including phenoxy) is 2. The number of nitrogens with one attached hydrogen (secondary N) is 1. The SMILES string of the molecule is COCCNCc1ccccc1Oc1ccc(Cl)cc1Br. The van der Waals surface area contributed by atoms with Crippen LogP contribution >= 0.6 is 27.5 Å². The van der Waals surface area contributed by atoms with Gasteiger partial charge in [0.05, 0.1) is 11.1 Å². The summed E-state index contributed by atoms with van der Waals surface area (Å²) >= 11 is 9.40. The van der Waals surface area contributed by atoms with E-state index < -0.39 is 0 Å². The van der Waals surface area contributed by atoms with E-state index in [4.69, 9.17) is 21.1 Å². The van der Waals surface area contributed by atoms with Crippen LogP contribution in [0.1, 0.15) is 5.56 Å². The average Bonchev–Trinajstić information content (AvgIpc) is 2.48. The van der Waals surface area contributed by atoms with Crippen molar-refractivity contribution < 1.29 is 9.47 Å². The number of methoxy groups -OCH3 is 1. The zero-order valence-corrected chi connectivity index (χ0v) is 14.1. The van der Waals surface area contributed by atoms with Gasteiger partial charge in [-0.05, 0) is 40.2 Å². The summed E-state index contributed by atoms with van der Waals surface area (Å²) in [6.07, 6.45) is 0. The molecule has 0 aliphatic heterocycles. The van der Waals surface area contributed by atoms with E-state index in [0.717, 1.165) is 34.6 Å². The molecule has 1 N–H and O–H groups in total. The van der Waals surface area contributed by atoms with Crippen molar-refractivity contribution >= 4 is 27.5 Å². The van der Waals surface area contributed by atoms with Crippen molar-refractivity contribution in [1.82, 2.24) is 5.32 Å². The second-order valence-corrected chi connectivity index (χ2v) is 5.74. The third-order valence-electron chi connectivity index (χ3n) is 2.88. The Labute approximate surface area is 138 Å². The molecular weight excluding hydrogens is 354 g/mol. The molecule has 0 atom stereocenters. The summed E-state index contributed by atoms with van der Waals surface area (Å²) in [4.78, 5) is 0. The molecule has 2 aromatic rings. The Morgan fingerprint density at radius 3 is 2.71 bits per heavy atom. The summed E-state index contributed by atoms with van der Waals surface area (Å²) in [6.45, 7) is 2.21. The highest BCUT2D eigenvalue weighted by Crippen LogP contribution is 2.33. The standard InChI is InChI=1S/C16H17BrClNO2/c1-20-9-8-19-11-12-4-2-3-5-15(12)21-16-7-6-13(18)10-14(16)17/h2-7,10,19H,8-9,11H2,1H3. The molecule has 21 heavy (non-hydrogen) atoms. The van der Waals surface area contributed by atoms with Crippen LogP contribution in [0, 0.1) is 0 Å². The van der Waals surface area contributed by atoms with Gasteiger partial charge >= 0.3 is 0 Å². The number of rotatable bonds is 7. The van der Waals surface area contributed by atoms with E-state index >= 15 is 0 Å². The number of para-hydroxylation sites is 1. The highest BCUT2D eigenvalue weighted by molar-refractivity contribution is 9.10. The van der Waals surface area contributed by atoms with Gasteiger partial charge in [0.25, 0.3) is 0 Å². The maximum absolute atomic E-state index is 5.98. The second-order valence-electron chi connectivity index (χ2n) is 4.45. The molecule has 0 saturated carbocycles. The highest BCUT2D eigenvalue weighted by Gasteiger charge is 2.07. The fraction of sp³-hybridized carbons (Fsp3) is 0.250. The molecule has 112 valence electrons. The lowest BCUT2D eigenvalue weighted by Crippen LogP contribution is -2.18. The van der Waals surface area contributed by atoms with Crippen molar-refractivity contribution in [3.63, 3.8) is 0 Å². The Hall–Kier alpha value is -1.07. The molecule has 0 saturated heterocycles. The maximum atomic E-state index is 5.98. The molecule has 0 heterocycles. The lowest BCUT2D eigenvalue weighted by molar-refractivity contribution is 0.199. The normalized spacial score (nSPS) is 10.6. The van der Waals surface area contributed by atoms with E-state index in [1.54, 1.807) is 13.2 Å². The predicted molar refractivity (Wildman–Crippen MR) is 89.3 cm³/mol. The minimum atomic E-state index is 0.670. The van der Waals surface area contributed by atoms with Crippen molar-refractivity contribution in [2.45, 2.75) is 6.54 Å². The molecule has 0 amide bonds. The van der Waals surface area contributed by atoms with Crippen LogP contribution in [-0.4, -0.2) is 20.3 Å². The number of hydrogen-bond donors (Lipinski definition) is 1. The van der Waals surface area contributed by atoms with Crippen molar-refractivity contribution in [3.8, 4) is 11.5 Å². The summed E-state index contributed by atoms with van der Waals surface area (Å²) in [5, 5.41) is 3.98. The van der Waals surface area contributed by atoms with Crippen LogP contribution in [0.2, 0.25) is 5.02 Å². The largest absolute Gasteiger partial charge is 0.456 e. The molecule has 2 aromatic carbocycles. The molecule has 0 aromatic heterocycles. The van der Waals surface area contributed by atoms with Crippen LogP contribution in [0.15, 0.2) is 46.9 Å². The van der Waals surface area contributed by atoms with Crippen LogP contribution < -0.4 is 10.1 Å². The molecule has 0 radical (unpaired) electrons. The van der Waals surface area contributed by atoms with Gasteiger partial charge in [-0.15, -0.1) is 0 Å². The van der Waals surface area contributed by atoms with E-state index in [9.17, 15) is 0 Å². The van der Waals surface area contributed by atoms with E-state index in [2.05, 4.69) is 21.2 Å². The molecule has 0 fully saturated rings. The first-order chi connectivity index (χ1) is 10.2. The third-order valence-corrected chi connectivity index (χ3v) is 3.74. The summed E-state index contributed by atoms with van der Waals surface area (Å²) < 4.78 is 11.8. The van der Waals surface area contributed by atoms with Gasteiger partial charge in [-0.25, -0.2) is 0 Å². The number of hydrogen-bond acceptors (Lipinski definition) is 3. The van der Waals surface area contributed by atoms with E-state index in [-0.39, 0.29) is 0 Å². The van der Waals surface area contributed by atoms with Gasteiger partial charge in [-0.2, -0.15) is 0 Å². The van der Waals surface area contributed by atoms with Gasteiger partial charge in [0.1, 0.15) is 11.5 Å². The monoisotopic (exact) mass is 369 g/mol. The zero-order chi connectivity index (χ0) is 15.1. The highest BCUT2D eigenvalue weighted by atomic mass is 79.9. The van der Waals surface area contributed by atoms with E-state index in [0.29, 0.717) is 11.6 Å². The fourth-order valence-electron chi connectivity index (χ4n) is 1.82.